The zero-order valence-electron chi connectivity index (χ0n) is 9.92. The molecule has 2 rings (SSSR count). The van der Waals surface area contributed by atoms with Gasteiger partial charge in [0.25, 0.3) is 0 Å². The Morgan fingerprint density at radius 3 is 2.56 bits per heavy atom. The molecular weight excluding hydrogens is 202 g/mol. The van der Waals surface area contributed by atoms with Gasteiger partial charge in [-0.2, -0.15) is 0 Å². The summed E-state index contributed by atoms with van der Waals surface area (Å²) in [6.07, 6.45) is 3.51. The fourth-order valence-corrected chi connectivity index (χ4v) is 2.42. The van der Waals surface area contributed by atoms with Gasteiger partial charge in [-0.05, 0) is 37.0 Å². The van der Waals surface area contributed by atoms with Crippen LogP contribution < -0.4 is 10.5 Å². The van der Waals surface area contributed by atoms with Gasteiger partial charge in [0, 0.05) is 12.0 Å². The predicted octanol–water partition coefficient (Wildman–Crippen LogP) is 2.09. The van der Waals surface area contributed by atoms with Gasteiger partial charge in [-0.1, -0.05) is 12.5 Å². The number of benzene rings is 1. The van der Waals surface area contributed by atoms with Crippen molar-refractivity contribution >= 4 is 0 Å². The Morgan fingerprint density at radius 2 is 2.12 bits per heavy atom. The lowest BCUT2D eigenvalue weighted by Crippen LogP contribution is -2.41. The minimum absolute atomic E-state index is 0.117. The molecule has 1 aliphatic rings. The number of ether oxygens (including phenoxy) is 1. The molecule has 0 amide bonds. The molecule has 1 aromatic rings. The van der Waals surface area contributed by atoms with Crippen LogP contribution in [0.5, 0.6) is 11.5 Å². The van der Waals surface area contributed by atoms with Crippen molar-refractivity contribution < 1.29 is 9.84 Å². The molecule has 0 heterocycles. The van der Waals surface area contributed by atoms with E-state index in [1.807, 2.05) is 19.1 Å². The van der Waals surface area contributed by atoms with Gasteiger partial charge in [0.15, 0.2) is 11.5 Å². The summed E-state index contributed by atoms with van der Waals surface area (Å²) in [6, 6.07) is 3.96. The lowest BCUT2D eigenvalue weighted by atomic mass is 9.64. The summed E-state index contributed by atoms with van der Waals surface area (Å²) < 4.78 is 5.18. The molecule has 1 saturated carbocycles. The largest absolute Gasteiger partial charge is 0.504 e. The highest BCUT2D eigenvalue weighted by Crippen LogP contribution is 2.45. The molecule has 0 atom stereocenters. The number of hydrogen-bond donors (Lipinski definition) is 2. The summed E-state index contributed by atoms with van der Waals surface area (Å²) in [6.45, 7) is 2.56. The number of hydrogen-bond acceptors (Lipinski definition) is 3. The third kappa shape index (κ3) is 1.55. The Bertz CT molecular complexity index is 392. The second-order valence-corrected chi connectivity index (χ2v) is 4.68. The molecule has 1 aromatic carbocycles. The molecule has 0 radical (unpaired) electrons. The van der Waals surface area contributed by atoms with Gasteiger partial charge in [-0.3, -0.25) is 0 Å². The number of rotatable bonds is 3. The molecule has 0 aliphatic heterocycles. The first-order valence-corrected chi connectivity index (χ1v) is 5.71. The van der Waals surface area contributed by atoms with Crippen molar-refractivity contribution in [2.45, 2.75) is 31.6 Å². The van der Waals surface area contributed by atoms with E-state index in [2.05, 4.69) is 0 Å². The zero-order chi connectivity index (χ0) is 11.8. The van der Waals surface area contributed by atoms with Crippen molar-refractivity contribution in [3.05, 3.63) is 23.3 Å². The van der Waals surface area contributed by atoms with Crippen molar-refractivity contribution in [3.8, 4) is 11.5 Å². The van der Waals surface area contributed by atoms with Crippen LogP contribution in [0.1, 0.15) is 30.4 Å². The molecule has 1 fully saturated rings. The predicted molar refractivity (Wildman–Crippen MR) is 64.0 cm³/mol. The standard InChI is InChI=1S/C13H19NO2/c1-9-6-10(7-11(16-2)12(9)15)13(8-14)4-3-5-13/h6-7,15H,3-5,8,14H2,1-2H3. The van der Waals surface area contributed by atoms with Crippen LogP contribution in [0.4, 0.5) is 0 Å². The highest BCUT2D eigenvalue weighted by atomic mass is 16.5. The quantitative estimate of drug-likeness (QED) is 0.821. The number of aromatic hydroxyl groups is 1. The van der Waals surface area contributed by atoms with Crippen molar-refractivity contribution in [3.63, 3.8) is 0 Å². The van der Waals surface area contributed by atoms with Crippen molar-refractivity contribution in [1.82, 2.24) is 0 Å². The maximum absolute atomic E-state index is 9.79. The van der Waals surface area contributed by atoms with Gasteiger partial charge < -0.3 is 15.6 Å². The van der Waals surface area contributed by atoms with E-state index in [9.17, 15) is 5.11 Å². The summed E-state index contributed by atoms with van der Waals surface area (Å²) in [5, 5.41) is 9.79. The minimum Gasteiger partial charge on any atom is -0.504 e. The van der Waals surface area contributed by atoms with Gasteiger partial charge in [-0.25, -0.2) is 0 Å². The van der Waals surface area contributed by atoms with Crippen LogP contribution in [-0.4, -0.2) is 18.8 Å². The van der Waals surface area contributed by atoms with Crippen LogP contribution in [0.15, 0.2) is 12.1 Å². The number of phenolic OH excluding ortho intramolecular Hbond substituents is 1. The summed E-state index contributed by atoms with van der Waals surface area (Å²) in [5.74, 6) is 0.785. The van der Waals surface area contributed by atoms with Gasteiger partial charge in [-0.15, -0.1) is 0 Å². The van der Waals surface area contributed by atoms with Gasteiger partial charge in [0.2, 0.25) is 0 Å². The van der Waals surface area contributed by atoms with Crippen LogP contribution >= 0.6 is 0 Å². The van der Waals surface area contributed by atoms with Crippen LogP contribution in [0.3, 0.4) is 0 Å². The molecule has 0 saturated heterocycles. The van der Waals surface area contributed by atoms with E-state index in [0.29, 0.717) is 12.3 Å². The first kappa shape index (κ1) is 11.3. The average molecular weight is 221 g/mol. The lowest BCUT2D eigenvalue weighted by Gasteiger charge is -2.41. The molecule has 3 N–H and O–H groups in total. The van der Waals surface area contributed by atoms with Crippen LogP contribution in [0, 0.1) is 6.92 Å². The van der Waals surface area contributed by atoms with E-state index < -0.39 is 0 Å². The van der Waals surface area contributed by atoms with Crippen molar-refractivity contribution in [2.24, 2.45) is 5.73 Å². The number of aryl methyl sites for hydroxylation is 1. The molecule has 3 heteroatoms. The SMILES string of the molecule is COc1cc(C2(CN)CCC2)cc(C)c1O. The van der Waals surface area contributed by atoms with Crippen LogP contribution in [0.25, 0.3) is 0 Å². The third-order valence-electron chi connectivity index (χ3n) is 3.80. The van der Waals surface area contributed by atoms with E-state index in [-0.39, 0.29) is 11.2 Å². The first-order valence-electron chi connectivity index (χ1n) is 5.71. The monoisotopic (exact) mass is 221 g/mol. The number of methoxy groups -OCH3 is 1. The maximum atomic E-state index is 9.79. The average Bonchev–Trinajstić information content (AvgIpc) is 2.22. The maximum Gasteiger partial charge on any atom is 0.161 e. The molecule has 0 aromatic heterocycles. The van der Waals surface area contributed by atoms with E-state index in [0.717, 1.165) is 18.4 Å². The van der Waals surface area contributed by atoms with Crippen molar-refractivity contribution in [2.75, 3.05) is 13.7 Å². The molecule has 0 unspecified atom stereocenters. The summed E-state index contributed by atoms with van der Waals surface area (Å²) in [4.78, 5) is 0. The summed E-state index contributed by atoms with van der Waals surface area (Å²) in [5.41, 5.74) is 8.05. The smallest absolute Gasteiger partial charge is 0.161 e. The number of nitrogens with two attached hydrogens (primary N) is 1. The van der Waals surface area contributed by atoms with Gasteiger partial charge in [0.05, 0.1) is 7.11 Å². The van der Waals surface area contributed by atoms with Gasteiger partial charge in [0.1, 0.15) is 0 Å². The Labute approximate surface area is 96.2 Å². The summed E-state index contributed by atoms with van der Waals surface area (Å²) >= 11 is 0. The normalized spacial score (nSPS) is 17.9. The van der Waals surface area contributed by atoms with Crippen LogP contribution in [-0.2, 0) is 5.41 Å². The molecule has 88 valence electrons. The molecule has 3 nitrogen and oxygen atoms in total. The second-order valence-electron chi connectivity index (χ2n) is 4.68. The fourth-order valence-electron chi connectivity index (χ4n) is 2.42. The first-order chi connectivity index (χ1) is 7.63. The Balaban J connectivity index is 2.45. The lowest BCUT2D eigenvalue weighted by molar-refractivity contribution is 0.251. The Hall–Kier alpha value is -1.22. The van der Waals surface area contributed by atoms with Crippen LogP contribution in [0.2, 0.25) is 0 Å². The topological polar surface area (TPSA) is 55.5 Å². The molecule has 0 bridgehead atoms. The Kier molecular flexibility index (Phi) is 2.80. The molecule has 16 heavy (non-hydrogen) atoms. The van der Waals surface area contributed by atoms with E-state index in [1.54, 1.807) is 7.11 Å². The fraction of sp³-hybridized carbons (Fsp3) is 0.538. The second kappa shape index (κ2) is 3.98. The van der Waals surface area contributed by atoms with Crippen molar-refractivity contribution in [1.29, 1.82) is 0 Å². The highest BCUT2D eigenvalue weighted by molar-refractivity contribution is 5.50. The Morgan fingerprint density at radius 1 is 1.44 bits per heavy atom. The van der Waals surface area contributed by atoms with E-state index >= 15 is 0 Å². The minimum atomic E-state index is 0.117. The molecular formula is C13H19NO2. The molecule has 1 aliphatic carbocycles. The van der Waals surface area contributed by atoms with E-state index in [1.165, 1.54) is 12.0 Å². The number of phenols is 1. The summed E-state index contributed by atoms with van der Waals surface area (Å²) in [7, 11) is 1.58. The van der Waals surface area contributed by atoms with Gasteiger partial charge >= 0.3 is 0 Å². The highest BCUT2D eigenvalue weighted by Gasteiger charge is 2.38. The zero-order valence-corrected chi connectivity index (χ0v) is 9.92. The van der Waals surface area contributed by atoms with E-state index in [4.69, 9.17) is 10.5 Å². The third-order valence-corrected chi connectivity index (χ3v) is 3.80. The molecule has 0 spiro atoms.